The molecule has 5 nitrogen and oxygen atoms in total. The zero-order valence-corrected chi connectivity index (χ0v) is 37.7. The van der Waals surface area contributed by atoms with Gasteiger partial charge in [0.25, 0.3) is 5.66 Å². The number of rotatable bonds is 36. The molecule has 0 spiro atoms. The Balaban J connectivity index is -0.0000110. The van der Waals surface area contributed by atoms with Gasteiger partial charge < -0.3 is 14.4 Å². The number of hydrogen-bond donors (Lipinski definition) is 0. The first-order chi connectivity index (χ1) is 23.0. The minimum Gasteiger partial charge on any atom is -0.807 e. The molecule has 0 N–H and O–H groups in total. The number of carbonyl (C=O) groups is 2. The third-order valence-corrected chi connectivity index (χ3v) is 10.2. The van der Waals surface area contributed by atoms with Crippen LogP contribution >= 0.6 is 7.60 Å². The Kier molecular flexibility index (Phi) is 42.1. The fourth-order valence-electron chi connectivity index (χ4n) is 6.05. The van der Waals surface area contributed by atoms with Gasteiger partial charge in [-0.3, -0.25) is 9.59 Å². The van der Waals surface area contributed by atoms with Crippen molar-refractivity contribution in [3.8, 4) is 0 Å². The quantitative estimate of drug-likeness (QED) is 0.0334. The number of Topliss-reactive ketones (excluding diaryl/α,β-unsaturated/α-hetero) is 2. The van der Waals surface area contributed by atoms with Gasteiger partial charge in [-0.1, -0.05) is 141 Å². The maximum absolute atomic E-state index is 14.1. The number of alkyl halides is 2. The predicted octanol–water partition coefficient (Wildman–Crippen LogP) is 6.11. The first kappa shape index (κ1) is 55.2. The summed E-state index contributed by atoms with van der Waals surface area (Å²) in [5, 5.41) is 0. The molecule has 0 aliphatic heterocycles. The standard InChI is InChI=1S/C40H73F2O5P.2Na/c1-3-5-7-9-11-13-15-17-19-21-23-25-27-29-31-33-38(43)35-37(36-40(41,42)48(45,46)47)39(44)34-32-30-28-26-24-22-20-18-16-14-12-10-8-6-4-2;;/h17-20,37H,3-16,21-36H2,1-2H3,(H2,45,46,47);;/q;2*+1/p-2/b19-17-,20-18-;;/t37-;;/m1../s1. The molecule has 0 aromatic carbocycles. The molecule has 0 bridgehead atoms. The van der Waals surface area contributed by atoms with Gasteiger partial charge in [-0.2, -0.15) is 0 Å². The first-order valence-electron chi connectivity index (χ1n) is 19.8. The Labute approximate surface area is 350 Å². The molecule has 50 heavy (non-hydrogen) atoms. The third kappa shape index (κ3) is 34.6. The summed E-state index contributed by atoms with van der Waals surface area (Å²) in [6, 6.07) is 0. The molecule has 0 aliphatic carbocycles. The van der Waals surface area contributed by atoms with Crippen LogP contribution in [0.1, 0.15) is 206 Å². The van der Waals surface area contributed by atoms with E-state index in [0.717, 1.165) is 77.0 Å². The minimum atomic E-state index is -6.23. The molecule has 0 saturated heterocycles. The number of carbonyl (C=O) groups excluding carboxylic acids is 2. The number of ketones is 2. The Morgan fingerprint density at radius 2 is 0.880 bits per heavy atom. The van der Waals surface area contributed by atoms with E-state index in [1.54, 1.807) is 0 Å². The summed E-state index contributed by atoms with van der Waals surface area (Å²) < 4.78 is 39.4. The van der Waals surface area contributed by atoms with Gasteiger partial charge in [0.2, 0.25) is 0 Å². The maximum atomic E-state index is 14.1. The Morgan fingerprint density at radius 3 is 1.24 bits per heavy atom. The number of unbranched alkanes of at least 4 members (excludes halogenated alkanes) is 22. The molecular weight excluding hydrogens is 675 g/mol. The molecule has 0 heterocycles. The van der Waals surface area contributed by atoms with Crippen molar-refractivity contribution < 1.29 is 91.8 Å². The number of hydrogen-bond acceptors (Lipinski definition) is 5. The van der Waals surface area contributed by atoms with Crippen LogP contribution in [0, 0.1) is 5.92 Å². The van der Waals surface area contributed by atoms with E-state index in [4.69, 9.17) is 0 Å². The van der Waals surface area contributed by atoms with Crippen LogP contribution in [0.5, 0.6) is 0 Å². The van der Waals surface area contributed by atoms with Crippen LogP contribution in [0.15, 0.2) is 24.3 Å². The zero-order chi connectivity index (χ0) is 35.8. The zero-order valence-electron chi connectivity index (χ0n) is 32.8. The summed E-state index contributed by atoms with van der Waals surface area (Å²) >= 11 is 0. The fourth-order valence-corrected chi connectivity index (χ4v) is 6.50. The van der Waals surface area contributed by atoms with Crippen molar-refractivity contribution in [2.45, 2.75) is 212 Å². The van der Waals surface area contributed by atoms with Crippen LogP contribution in [-0.4, -0.2) is 17.2 Å². The topological polar surface area (TPSA) is 97.3 Å². The van der Waals surface area contributed by atoms with Gasteiger partial charge in [0, 0.05) is 39.2 Å². The van der Waals surface area contributed by atoms with E-state index in [1.165, 1.54) is 77.0 Å². The van der Waals surface area contributed by atoms with Crippen molar-refractivity contribution in [2.75, 3.05) is 0 Å². The van der Waals surface area contributed by atoms with Crippen molar-refractivity contribution in [3.63, 3.8) is 0 Å². The molecule has 282 valence electrons. The second-order valence-corrected chi connectivity index (χ2v) is 15.6. The smallest absolute Gasteiger partial charge is 0.807 e. The predicted molar refractivity (Wildman–Crippen MR) is 194 cm³/mol. The molecule has 1 atom stereocenters. The van der Waals surface area contributed by atoms with E-state index < -0.39 is 37.8 Å². The summed E-state index contributed by atoms with van der Waals surface area (Å²) in [4.78, 5) is 47.7. The van der Waals surface area contributed by atoms with Crippen molar-refractivity contribution in [1.82, 2.24) is 0 Å². The Morgan fingerprint density at radius 1 is 0.560 bits per heavy atom. The molecule has 0 amide bonds. The summed E-state index contributed by atoms with van der Waals surface area (Å²) in [5.41, 5.74) is -4.54. The molecule has 0 saturated carbocycles. The Hall–Kier alpha value is 0.830. The summed E-state index contributed by atoms with van der Waals surface area (Å²) in [6.45, 7) is 4.45. The molecule has 0 aliphatic rings. The minimum absolute atomic E-state index is 0. The maximum Gasteiger partial charge on any atom is 1.00 e. The van der Waals surface area contributed by atoms with Crippen LogP contribution in [-0.2, 0) is 14.2 Å². The van der Waals surface area contributed by atoms with Gasteiger partial charge in [-0.25, -0.2) is 8.78 Å². The third-order valence-electron chi connectivity index (χ3n) is 9.22. The van der Waals surface area contributed by atoms with Gasteiger partial charge in [0.05, 0.1) is 0 Å². The molecule has 0 unspecified atom stereocenters. The van der Waals surface area contributed by atoms with Gasteiger partial charge in [0.1, 0.15) is 11.6 Å². The van der Waals surface area contributed by atoms with Crippen molar-refractivity contribution in [2.24, 2.45) is 5.92 Å². The molecule has 0 radical (unpaired) electrons. The largest absolute Gasteiger partial charge is 1.00 e. The van der Waals surface area contributed by atoms with Gasteiger partial charge in [-0.15, -0.1) is 0 Å². The van der Waals surface area contributed by atoms with Crippen LogP contribution in [0.3, 0.4) is 0 Å². The van der Waals surface area contributed by atoms with Gasteiger partial charge in [0.15, 0.2) is 0 Å². The average Bonchev–Trinajstić information content (AvgIpc) is 3.03. The van der Waals surface area contributed by atoms with E-state index in [9.17, 15) is 32.7 Å². The van der Waals surface area contributed by atoms with Crippen LogP contribution in [0.25, 0.3) is 0 Å². The normalized spacial score (nSPS) is 12.7. The number of allylic oxidation sites excluding steroid dienone is 4. The van der Waals surface area contributed by atoms with E-state index in [1.807, 2.05) is 0 Å². The van der Waals surface area contributed by atoms with E-state index in [2.05, 4.69) is 38.2 Å². The SMILES string of the molecule is CCCCCCCC/C=C\CCCCCCCC(=O)C[C@H](CC(F)(F)P(=O)([O-])[O-])C(=O)CCCCCCC/C=C\CCCCCCCC.[Na+].[Na+]. The summed E-state index contributed by atoms with van der Waals surface area (Å²) in [5.74, 6) is -2.31. The van der Waals surface area contributed by atoms with E-state index in [0.29, 0.717) is 12.8 Å². The van der Waals surface area contributed by atoms with E-state index in [-0.39, 0.29) is 77.7 Å². The van der Waals surface area contributed by atoms with Crippen molar-refractivity contribution >= 4 is 19.2 Å². The summed E-state index contributed by atoms with van der Waals surface area (Å²) in [7, 11) is -6.23. The van der Waals surface area contributed by atoms with E-state index >= 15 is 0 Å². The molecular formula is C40H71F2Na2O5P. The first-order valence-corrected chi connectivity index (χ1v) is 21.3. The van der Waals surface area contributed by atoms with Crippen molar-refractivity contribution in [3.05, 3.63) is 24.3 Å². The fraction of sp³-hybridized carbons (Fsp3) is 0.850. The Bertz CT molecular complexity index is 895. The molecule has 0 fully saturated rings. The van der Waals surface area contributed by atoms with Gasteiger partial charge in [-0.05, 0) is 64.2 Å². The molecule has 0 aromatic rings. The number of halogens is 2. The average molecular weight is 747 g/mol. The van der Waals surface area contributed by atoms with Crippen LogP contribution in [0.4, 0.5) is 8.78 Å². The summed E-state index contributed by atoms with van der Waals surface area (Å²) in [6.07, 6.45) is 36.2. The monoisotopic (exact) mass is 746 g/mol. The van der Waals surface area contributed by atoms with Crippen LogP contribution in [0.2, 0.25) is 0 Å². The molecule has 10 heteroatoms. The second kappa shape index (κ2) is 38.1. The second-order valence-electron chi connectivity index (χ2n) is 13.9. The van der Waals surface area contributed by atoms with Gasteiger partial charge >= 0.3 is 59.1 Å². The molecule has 0 aromatic heterocycles. The van der Waals surface area contributed by atoms with Crippen LogP contribution < -0.4 is 68.9 Å². The molecule has 0 rings (SSSR count). The van der Waals surface area contributed by atoms with Crippen molar-refractivity contribution in [1.29, 1.82) is 0 Å².